The number of ether oxygens (including phenoxy) is 2. The number of benzene rings is 2. The summed E-state index contributed by atoms with van der Waals surface area (Å²) in [6.45, 7) is 0.564. The van der Waals surface area contributed by atoms with Gasteiger partial charge in [0.25, 0.3) is 0 Å². The maximum absolute atomic E-state index is 7.25. The monoisotopic (exact) mass is 455 g/mol. The first kappa shape index (κ1) is 20.9. The molecule has 7 rings (SSSR count). The van der Waals surface area contributed by atoms with Gasteiger partial charge in [0.05, 0.1) is 19.8 Å². The summed E-state index contributed by atoms with van der Waals surface area (Å²) in [7, 11) is 1.68. The van der Waals surface area contributed by atoms with Crippen molar-refractivity contribution in [3.05, 3.63) is 65.7 Å². The van der Waals surface area contributed by atoms with E-state index in [4.69, 9.17) is 30.7 Å². The van der Waals surface area contributed by atoms with Gasteiger partial charge in [-0.3, -0.25) is 4.84 Å². The number of fused-ring (bicyclic) bond motifs is 1. The molecule has 2 aliphatic carbocycles. The summed E-state index contributed by atoms with van der Waals surface area (Å²) >= 11 is 7.25. The summed E-state index contributed by atoms with van der Waals surface area (Å²) in [6, 6.07) is 19.0. The Morgan fingerprint density at radius 1 is 0.969 bits per heavy atom. The maximum Gasteiger partial charge on any atom is 0.192 e. The molecule has 170 valence electrons. The van der Waals surface area contributed by atoms with Crippen LogP contribution in [-0.4, -0.2) is 35.8 Å². The zero-order valence-corrected chi connectivity index (χ0v) is 19.2. The van der Waals surface area contributed by atoms with Crippen LogP contribution < -0.4 is 4.74 Å². The fourth-order valence-corrected chi connectivity index (χ4v) is 6.70. The molecule has 5 aliphatic rings. The quantitative estimate of drug-likeness (QED) is 0.423. The predicted molar refractivity (Wildman–Crippen MR) is 121 cm³/mol. The molecule has 3 aliphatic heterocycles. The van der Waals surface area contributed by atoms with Crippen molar-refractivity contribution < 1.29 is 19.1 Å². The van der Waals surface area contributed by atoms with Crippen molar-refractivity contribution in [2.75, 3.05) is 13.7 Å². The van der Waals surface area contributed by atoms with Crippen LogP contribution in [0.25, 0.3) is 0 Å². The van der Waals surface area contributed by atoms with E-state index in [1.54, 1.807) is 12.3 Å². The molecule has 1 unspecified atom stereocenters. The van der Waals surface area contributed by atoms with Crippen LogP contribution in [0.1, 0.15) is 61.5 Å². The van der Waals surface area contributed by atoms with E-state index in [0.29, 0.717) is 12.5 Å². The number of nitrogens with zero attached hydrogens (tertiary/aromatic N) is 1. The van der Waals surface area contributed by atoms with Crippen molar-refractivity contribution in [3.8, 4) is 5.75 Å². The van der Waals surface area contributed by atoms with Crippen LogP contribution in [0.5, 0.6) is 5.75 Å². The van der Waals surface area contributed by atoms with Gasteiger partial charge in [-0.05, 0) is 41.3 Å². The molecule has 5 fully saturated rings. The van der Waals surface area contributed by atoms with E-state index in [1.807, 2.05) is 12.1 Å². The summed E-state index contributed by atoms with van der Waals surface area (Å²) in [5.74, 6) is 0.715. The minimum Gasteiger partial charge on any atom is -0.497 e. The van der Waals surface area contributed by atoms with Gasteiger partial charge in [-0.15, -0.1) is 0 Å². The molecular formula is C26H30ClNO4. The van der Waals surface area contributed by atoms with Crippen molar-refractivity contribution in [2.45, 2.75) is 67.2 Å². The van der Waals surface area contributed by atoms with Crippen LogP contribution >= 0.6 is 11.6 Å². The Labute approximate surface area is 194 Å². The van der Waals surface area contributed by atoms with E-state index >= 15 is 0 Å². The number of hydrogen-bond donors (Lipinski definition) is 0. The lowest BCUT2D eigenvalue weighted by Crippen LogP contribution is -2.66. The highest BCUT2D eigenvalue weighted by atomic mass is 35.5. The van der Waals surface area contributed by atoms with E-state index in [2.05, 4.69) is 42.5 Å². The van der Waals surface area contributed by atoms with Crippen LogP contribution in [0, 0.1) is 5.92 Å². The van der Waals surface area contributed by atoms with Gasteiger partial charge in [0.15, 0.2) is 10.8 Å². The molecule has 0 amide bonds. The van der Waals surface area contributed by atoms with Gasteiger partial charge in [-0.1, -0.05) is 66.9 Å². The first-order chi connectivity index (χ1) is 15.6. The lowest BCUT2D eigenvalue weighted by Gasteiger charge is -2.57. The van der Waals surface area contributed by atoms with E-state index in [1.165, 1.54) is 24.0 Å². The van der Waals surface area contributed by atoms with Crippen LogP contribution in [-0.2, 0) is 14.4 Å². The average Bonchev–Trinajstić information content (AvgIpc) is 3.04. The Hall–Kier alpha value is -1.63. The molecule has 5 nitrogen and oxygen atoms in total. The Morgan fingerprint density at radius 3 is 2.50 bits per heavy atom. The zero-order valence-electron chi connectivity index (χ0n) is 18.4. The number of halogens is 1. The molecule has 6 heteroatoms. The van der Waals surface area contributed by atoms with Crippen LogP contribution in [0.4, 0.5) is 0 Å². The van der Waals surface area contributed by atoms with Crippen LogP contribution in [0.15, 0.2) is 54.6 Å². The number of alkyl halides is 1. The largest absolute Gasteiger partial charge is 0.497 e. The second-order valence-electron chi connectivity index (χ2n) is 9.67. The fraction of sp³-hybridized carbons (Fsp3) is 0.538. The van der Waals surface area contributed by atoms with Crippen molar-refractivity contribution in [3.63, 3.8) is 0 Å². The minimum absolute atomic E-state index is 0.0452. The van der Waals surface area contributed by atoms with E-state index in [0.717, 1.165) is 31.4 Å². The van der Waals surface area contributed by atoms with Gasteiger partial charge >= 0.3 is 0 Å². The number of rotatable bonds is 5. The van der Waals surface area contributed by atoms with Gasteiger partial charge < -0.3 is 9.47 Å². The first-order valence-electron chi connectivity index (χ1n) is 11.8. The highest BCUT2D eigenvalue weighted by Gasteiger charge is 2.70. The van der Waals surface area contributed by atoms with Crippen LogP contribution in [0.3, 0.4) is 0 Å². The zero-order chi connectivity index (χ0) is 21.8. The highest BCUT2D eigenvalue weighted by Crippen LogP contribution is 2.63. The highest BCUT2D eigenvalue weighted by molar-refractivity contribution is 6.24. The SMILES string of the molecule is COc1ccc([C@@H]2C[C@]3(O[C@@H]4CCCC[C@H]4c4ccccc4)C[C@H]4CON(O3)[C@]42Cl)cc1. The number of hydroxylamine groups is 2. The van der Waals surface area contributed by atoms with Crippen molar-refractivity contribution in [2.24, 2.45) is 5.92 Å². The first-order valence-corrected chi connectivity index (χ1v) is 12.2. The summed E-state index contributed by atoms with van der Waals surface area (Å²) in [5.41, 5.74) is 2.53. The summed E-state index contributed by atoms with van der Waals surface area (Å²) in [6.07, 6.45) is 6.24. The molecule has 3 saturated heterocycles. The molecule has 3 heterocycles. The Kier molecular flexibility index (Phi) is 5.23. The summed E-state index contributed by atoms with van der Waals surface area (Å²) in [5, 5.41) is 1.56. The normalized spacial score (nSPS) is 40.4. The molecule has 4 bridgehead atoms. The molecule has 2 aromatic rings. The Balaban J connectivity index is 1.31. The third-order valence-electron chi connectivity index (χ3n) is 7.87. The maximum atomic E-state index is 7.25. The van der Waals surface area contributed by atoms with E-state index in [9.17, 15) is 0 Å². The molecular weight excluding hydrogens is 426 g/mol. The standard InChI is InChI=1S/C26H30ClNO4/c1-29-21-13-11-19(12-14-21)23-16-25(15-20-17-30-28(32-25)26(20,23)27)31-24-10-6-5-9-22(24)18-7-3-2-4-8-18/h2-4,7-8,11-14,20,22-24H,5-6,9-10,15-17H2,1H3/t20-,22-,23-,24+,25-,26+/m0/s1. The topological polar surface area (TPSA) is 40.2 Å². The molecule has 0 spiro atoms. The predicted octanol–water partition coefficient (Wildman–Crippen LogP) is 5.76. The Morgan fingerprint density at radius 2 is 1.75 bits per heavy atom. The molecule has 7 atom stereocenters. The van der Waals surface area contributed by atoms with Gasteiger partial charge in [0.2, 0.25) is 0 Å². The van der Waals surface area contributed by atoms with Gasteiger partial charge in [-0.25, -0.2) is 4.84 Å². The van der Waals surface area contributed by atoms with Crippen LogP contribution in [0.2, 0.25) is 0 Å². The van der Waals surface area contributed by atoms with Gasteiger partial charge in [-0.2, -0.15) is 0 Å². The molecule has 2 saturated carbocycles. The summed E-state index contributed by atoms with van der Waals surface area (Å²) in [4.78, 5) is 11.6. The fourth-order valence-electron chi connectivity index (χ4n) is 6.27. The van der Waals surface area contributed by atoms with Gasteiger partial charge in [0, 0.05) is 30.6 Å². The van der Waals surface area contributed by atoms with E-state index in [-0.39, 0.29) is 17.9 Å². The molecule has 0 N–H and O–H groups in total. The van der Waals surface area contributed by atoms with E-state index < -0.39 is 10.8 Å². The third-order valence-corrected chi connectivity index (χ3v) is 8.58. The molecule has 32 heavy (non-hydrogen) atoms. The molecule has 2 aromatic carbocycles. The average molecular weight is 456 g/mol. The molecule has 0 radical (unpaired) electrons. The van der Waals surface area contributed by atoms with Crippen molar-refractivity contribution >= 4 is 11.6 Å². The lowest BCUT2D eigenvalue weighted by atomic mass is 9.70. The van der Waals surface area contributed by atoms with Crippen molar-refractivity contribution in [1.82, 2.24) is 5.23 Å². The Bertz CT molecular complexity index is 938. The second-order valence-corrected chi connectivity index (χ2v) is 10.3. The van der Waals surface area contributed by atoms with Gasteiger partial charge in [0.1, 0.15) is 5.75 Å². The smallest absolute Gasteiger partial charge is 0.192 e. The summed E-state index contributed by atoms with van der Waals surface area (Å²) < 4.78 is 12.3. The second kappa shape index (κ2) is 8.00. The molecule has 0 aromatic heterocycles. The lowest BCUT2D eigenvalue weighted by molar-refractivity contribution is -0.496. The number of methoxy groups -OCH3 is 1. The number of hydrogen-bond acceptors (Lipinski definition) is 5. The minimum atomic E-state index is -0.711. The third kappa shape index (κ3) is 3.29. The van der Waals surface area contributed by atoms with Crippen molar-refractivity contribution in [1.29, 1.82) is 0 Å².